The Kier molecular flexibility index (Phi) is 7.48. The number of fused-ring (bicyclic) bond motifs is 1. The van der Waals surface area contributed by atoms with Crippen LogP contribution in [0.5, 0.6) is 17.2 Å². The number of carbonyl (C=O) groups is 1. The second-order valence-corrected chi connectivity index (χ2v) is 12.8. The Morgan fingerprint density at radius 2 is 1.73 bits per heavy atom. The summed E-state index contributed by atoms with van der Waals surface area (Å²) in [5.74, 6) is 3.88. The van der Waals surface area contributed by atoms with Crippen molar-refractivity contribution in [1.29, 1.82) is 0 Å². The second kappa shape index (κ2) is 10.8. The molecule has 3 aromatic rings. The molecule has 3 aliphatic rings. The number of amides is 1. The number of ether oxygens (including phenoxy) is 2. The van der Waals surface area contributed by atoms with Crippen LogP contribution in [0, 0.1) is 0 Å². The summed E-state index contributed by atoms with van der Waals surface area (Å²) in [7, 11) is 0. The summed E-state index contributed by atoms with van der Waals surface area (Å²) in [6, 6.07) is 15.3. The summed E-state index contributed by atoms with van der Waals surface area (Å²) in [5, 5.41) is 4.20. The molecule has 1 N–H and O–H groups in total. The van der Waals surface area contributed by atoms with Crippen LogP contribution in [0.1, 0.15) is 79.7 Å². The number of halogens is 2. The first-order valence-electron chi connectivity index (χ1n) is 13.3. The van der Waals surface area contributed by atoms with Gasteiger partial charge in [-0.15, -0.1) is 0 Å². The first kappa shape index (κ1) is 25.6. The molecular weight excluding hydrogens is 516 g/mol. The molecule has 1 atom stereocenters. The van der Waals surface area contributed by atoms with E-state index >= 15 is 0 Å². The van der Waals surface area contributed by atoms with Gasteiger partial charge in [0.1, 0.15) is 0 Å². The Labute approximate surface area is 245 Å². The Bertz CT molecular complexity index is 1340. The standard InChI is InChI=1S/C30H28Cl2NO3.Na/c31-23-10-7-19(26(32)17-23)13-14-33-30(34)21-8-11-24(12-9-21)36-29-25(18-3-4-18)16-22-2-1-15-35-28(22)27(29)20-5-6-20;/h2,7-12,16-18,20H,1,3-6,13-15H2,(H,33,34);. The van der Waals surface area contributed by atoms with E-state index in [1.807, 2.05) is 36.4 Å². The minimum absolute atomic E-state index is 0.116. The van der Waals surface area contributed by atoms with Crippen molar-refractivity contribution in [2.75, 3.05) is 13.2 Å². The van der Waals surface area contributed by atoms with Crippen LogP contribution in [-0.4, -0.2) is 47.0 Å². The van der Waals surface area contributed by atoms with Crippen molar-refractivity contribution in [3.8, 4) is 17.2 Å². The minimum atomic E-state index is -0.116. The third-order valence-electron chi connectivity index (χ3n) is 7.69. The third-order valence-corrected chi connectivity index (χ3v) is 9.47. The van der Waals surface area contributed by atoms with Crippen LogP contribution in [-0.2, 0) is 6.42 Å². The van der Waals surface area contributed by atoms with E-state index in [2.05, 4.69) is 11.4 Å². The summed E-state index contributed by atoms with van der Waals surface area (Å²) in [4.78, 5) is 12.7. The maximum atomic E-state index is 12.7. The molecule has 0 spiro atoms. The van der Waals surface area contributed by atoms with Crippen LogP contribution >= 0.6 is 23.2 Å². The molecule has 2 fully saturated rings. The molecule has 6 rings (SSSR count). The van der Waals surface area contributed by atoms with Crippen molar-refractivity contribution in [2.24, 2.45) is 0 Å². The van der Waals surface area contributed by atoms with Gasteiger partial charge in [-0.05, 0) is 24.1 Å². The number of hydrogen-bond donors (Lipinski definition) is 1. The fourth-order valence-corrected chi connectivity index (χ4v) is 6.38. The van der Waals surface area contributed by atoms with Crippen molar-refractivity contribution in [3.05, 3.63) is 86.4 Å². The van der Waals surface area contributed by atoms with Gasteiger partial charge in [0.05, 0.1) is 0 Å². The van der Waals surface area contributed by atoms with Gasteiger partial charge in [-0.3, -0.25) is 0 Å². The van der Waals surface area contributed by atoms with Crippen LogP contribution in [0.15, 0.2) is 48.5 Å². The van der Waals surface area contributed by atoms with Crippen LogP contribution in [0.4, 0.5) is 0 Å². The Morgan fingerprint density at radius 1 is 0.973 bits per heavy atom. The van der Waals surface area contributed by atoms with Gasteiger partial charge in [-0.2, -0.15) is 0 Å². The van der Waals surface area contributed by atoms with Gasteiger partial charge < -0.3 is 0 Å². The Hall–Kier alpha value is -1.69. The quantitative estimate of drug-likeness (QED) is 0.299. The zero-order valence-corrected chi connectivity index (χ0v) is 24.5. The first-order valence-corrected chi connectivity index (χ1v) is 15.2. The fourth-order valence-electron chi connectivity index (χ4n) is 5.22. The van der Waals surface area contributed by atoms with E-state index in [-0.39, 0.29) is 5.91 Å². The van der Waals surface area contributed by atoms with E-state index in [9.17, 15) is 4.79 Å². The predicted octanol–water partition coefficient (Wildman–Crippen LogP) is 7.51. The molecule has 1 unspecified atom stereocenters. The van der Waals surface area contributed by atoms with Gasteiger partial charge in [0, 0.05) is 16.6 Å². The number of rotatable bonds is 8. The molecule has 0 saturated heterocycles. The third kappa shape index (κ3) is 5.69. The van der Waals surface area contributed by atoms with Crippen molar-refractivity contribution in [2.45, 2.75) is 53.5 Å². The number of carbonyl (C=O) groups excluding carboxylic acids is 1. The molecule has 3 aromatic carbocycles. The van der Waals surface area contributed by atoms with Crippen LogP contribution < -0.4 is 14.8 Å². The fraction of sp³-hybridized carbons (Fsp3) is 0.367. The molecule has 0 radical (unpaired) electrons. The molecule has 1 heterocycles. The van der Waals surface area contributed by atoms with E-state index in [0.717, 1.165) is 63.8 Å². The van der Waals surface area contributed by atoms with Gasteiger partial charge in [-0.1, -0.05) is 29.3 Å². The van der Waals surface area contributed by atoms with Crippen LogP contribution in [0.25, 0.3) is 0 Å². The summed E-state index contributed by atoms with van der Waals surface area (Å²) in [5.41, 5.74) is 5.63. The number of hydrogen-bond acceptors (Lipinski definition) is 3. The average Bonchev–Trinajstić information content (AvgIpc) is 3.80. The van der Waals surface area contributed by atoms with Gasteiger partial charge in [0.25, 0.3) is 0 Å². The van der Waals surface area contributed by atoms with E-state index < -0.39 is 0 Å². The van der Waals surface area contributed by atoms with E-state index in [4.69, 9.17) is 32.7 Å². The second-order valence-electron chi connectivity index (χ2n) is 10.6. The van der Waals surface area contributed by atoms with E-state index in [0.29, 0.717) is 43.6 Å². The van der Waals surface area contributed by atoms with Gasteiger partial charge in [-0.25, -0.2) is 0 Å². The SMILES string of the molecule is O=C(NCCc1ccc(Cl)cc1Cl)c1ccc(Oc2c(C3CC3)cc3c(c2C2CC2)OCC[CH]3[Na])cc1. The van der Waals surface area contributed by atoms with Crippen molar-refractivity contribution < 1.29 is 14.3 Å². The molecule has 186 valence electrons. The maximum absolute atomic E-state index is 12.7. The Morgan fingerprint density at radius 3 is 2.43 bits per heavy atom. The topological polar surface area (TPSA) is 47.6 Å². The summed E-state index contributed by atoms with van der Waals surface area (Å²) in [6.07, 6.45) is 6.62. The zero-order valence-electron chi connectivity index (χ0n) is 21.0. The van der Waals surface area contributed by atoms with Crippen molar-refractivity contribution in [1.82, 2.24) is 5.32 Å². The Balaban J connectivity index is 1.18. The zero-order chi connectivity index (χ0) is 25.5. The molecule has 0 bridgehead atoms. The summed E-state index contributed by atoms with van der Waals surface area (Å²) >= 11 is 13.4. The molecule has 2 saturated carbocycles. The number of benzene rings is 3. The summed E-state index contributed by atoms with van der Waals surface area (Å²) < 4.78 is 13.5. The predicted molar refractivity (Wildman–Crippen MR) is 148 cm³/mol. The molecule has 7 heteroatoms. The molecule has 0 aromatic heterocycles. The molecule has 1 aliphatic heterocycles. The van der Waals surface area contributed by atoms with Crippen molar-refractivity contribution in [3.63, 3.8) is 0 Å². The van der Waals surface area contributed by atoms with Gasteiger partial charge >= 0.3 is 177 Å². The first-order chi connectivity index (χ1) is 18.0. The monoisotopic (exact) mass is 543 g/mol. The molecule has 2 aliphatic carbocycles. The number of nitrogens with one attached hydrogen (secondary N) is 1. The molecule has 37 heavy (non-hydrogen) atoms. The van der Waals surface area contributed by atoms with Crippen molar-refractivity contribution >= 4 is 57.0 Å². The molecule has 1 amide bonds. The van der Waals surface area contributed by atoms with Gasteiger partial charge in [0.15, 0.2) is 0 Å². The molecular formula is C30H28Cl2NNaO3. The van der Waals surface area contributed by atoms with Crippen LogP contribution in [0.3, 0.4) is 0 Å². The summed E-state index contributed by atoms with van der Waals surface area (Å²) in [6.45, 7) is 1.29. The normalized spacial score (nSPS) is 18.6. The van der Waals surface area contributed by atoms with E-state index in [1.165, 1.54) is 42.4 Å². The average molecular weight is 544 g/mol. The molecule has 4 nitrogen and oxygen atoms in total. The van der Waals surface area contributed by atoms with Gasteiger partial charge in [0.2, 0.25) is 0 Å². The van der Waals surface area contributed by atoms with E-state index in [1.54, 1.807) is 6.07 Å². The van der Waals surface area contributed by atoms with Crippen LogP contribution in [0.2, 0.25) is 10.0 Å².